The van der Waals surface area contributed by atoms with E-state index >= 15 is 0 Å². The summed E-state index contributed by atoms with van der Waals surface area (Å²) in [5, 5.41) is 2.75. The highest BCUT2D eigenvalue weighted by Crippen LogP contribution is 2.19. The van der Waals surface area contributed by atoms with E-state index in [9.17, 15) is 14.4 Å². The van der Waals surface area contributed by atoms with Gasteiger partial charge in [-0.05, 0) is 26.3 Å². The molecule has 0 spiro atoms. The van der Waals surface area contributed by atoms with Gasteiger partial charge in [0.2, 0.25) is 5.78 Å². The first-order valence-corrected chi connectivity index (χ1v) is 7.29. The number of aromatic amines is 1. The van der Waals surface area contributed by atoms with E-state index in [1.807, 2.05) is 6.92 Å². The van der Waals surface area contributed by atoms with Crippen LogP contribution in [0.4, 0.5) is 0 Å². The summed E-state index contributed by atoms with van der Waals surface area (Å²) in [7, 11) is 1.31. The second-order valence-electron chi connectivity index (χ2n) is 5.64. The number of nitrogens with one attached hydrogen (secondary N) is 3. The molecule has 1 aliphatic heterocycles. The van der Waals surface area contributed by atoms with Crippen molar-refractivity contribution in [1.29, 1.82) is 0 Å². The largest absolute Gasteiger partial charge is 0.465 e. The fourth-order valence-corrected chi connectivity index (χ4v) is 2.90. The number of methoxy groups -OCH3 is 1. The minimum Gasteiger partial charge on any atom is -0.465 e. The number of rotatable bonds is 4. The Morgan fingerprint density at radius 3 is 2.59 bits per heavy atom. The van der Waals surface area contributed by atoms with E-state index in [0.29, 0.717) is 35.6 Å². The number of hydrogen-bond donors (Lipinski definition) is 3. The average molecular weight is 308 g/mol. The molecule has 0 radical (unpaired) electrons. The Morgan fingerprint density at radius 2 is 2.00 bits per heavy atom. The van der Waals surface area contributed by atoms with E-state index in [2.05, 4.69) is 10.3 Å². The molecule has 1 amide bonds. The van der Waals surface area contributed by atoms with E-state index in [0.717, 1.165) is 4.90 Å². The maximum atomic E-state index is 12.7. The van der Waals surface area contributed by atoms with Gasteiger partial charge < -0.3 is 19.9 Å². The summed E-state index contributed by atoms with van der Waals surface area (Å²) >= 11 is 0. The lowest BCUT2D eigenvalue weighted by molar-refractivity contribution is -0.907. The van der Waals surface area contributed by atoms with E-state index < -0.39 is 5.97 Å². The number of carbonyl (C=O) groups excluding carboxylic acids is 3. The third-order valence-electron chi connectivity index (χ3n) is 4.23. The number of Topliss-reactive ketones (excluding diaryl/α,β-unsaturated/α-hetero) is 1. The van der Waals surface area contributed by atoms with Gasteiger partial charge in [0.25, 0.3) is 5.91 Å². The number of H-pyrrole nitrogens is 1. The fourth-order valence-electron chi connectivity index (χ4n) is 2.90. The zero-order valence-electron chi connectivity index (χ0n) is 13.3. The van der Waals surface area contributed by atoms with Crippen LogP contribution in [0.3, 0.4) is 0 Å². The van der Waals surface area contributed by atoms with Crippen molar-refractivity contribution in [2.24, 2.45) is 0 Å². The highest BCUT2D eigenvalue weighted by molar-refractivity contribution is 6.03. The van der Waals surface area contributed by atoms with Gasteiger partial charge in [-0.3, -0.25) is 9.59 Å². The van der Waals surface area contributed by atoms with Crippen molar-refractivity contribution in [3.8, 4) is 0 Å². The topological polar surface area (TPSA) is 92.7 Å². The predicted molar refractivity (Wildman–Crippen MR) is 79.1 cm³/mol. The molecule has 0 aromatic carbocycles. The number of ether oxygens (including phenoxy) is 1. The predicted octanol–water partition coefficient (Wildman–Crippen LogP) is -0.996. The van der Waals surface area contributed by atoms with E-state index in [-0.39, 0.29) is 24.3 Å². The number of aromatic nitrogens is 1. The van der Waals surface area contributed by atoms with Crippen LogP contribution in [0.1, 0.15) is 39.0 Å². The molecule has 1 aromatic rings. The first-order chi connectivity index (χ1) is 10.4. The molecule has 2 heterocycles. The number of aryl methyl sites for hydroxylation is 1. The third-order valence-corrected chi connectivity index (χ3v) is 4.23. The Bertz CT molecular complexity index is 621. The summed E-state index contributed by atoms with van der Waals surface area (Å²) in [5.74, 6) is -0.598. The van der Waals surface area contributed by atoms with E-state index in [1.165, 1.54) is 7.11 Å². The molecular weight excluding hydrogens is 286 g/mol. The number of hydrogen-bond acceptors (Lipinski definition) is 4. The minimum absolute atomic E-state index is 0.0458. The van der Waals surface area contributed by atoms with Crippen molar-refractivity contribution in [1.82, 2.24) is 10.3 Å². The van der Waals surface area contributed by atoms with Crippen molar-refractivity contribution >= 4 is 17.7 Å². The molecule has 0 bridgehead atoms. The van der Waals surface area contributed by atoms with Crippen molar-refractivity contribution < 1.29 is 24.0 Å². The molecule has 7 heteroatoms. The van der Waals surface area contributed by atoms with Gasteiger partial charge >= 0.3 is 5.97 Å². The smallest absolute Gasteiger partial charge is 0.339 e. The molecule has 1 aromatic heterocycles. The third kappa shape index (κ3) is 2.89. The summed E-state index contributed by atoms with van der Waals surface area (Å²) in [4.78, 5) is 39.9. The van der Waals surface area contributed by atoms with Crippen LogP contribution in [0.15, 0.2) is 0 Å². The molecule has 1 unspecified atom stereocenters. The highest BCUT2D eigenvalue weighted by Gasteiger charge is 2.33. The van der Waals surface area contributed by atoms with Crippen LogP contribution in [0.25, 0.3) is 0 Å². The van der Waals surface area contributed by atoms with Gasteiger partial charge in [0.15, 0.2) is 12.6 Å². The normalized spacial score (nSPS) is 19.5. The van der Waals surface area contributed by atoms with Gasteiger partial charge in [-0.2, -0.15) is 0 Å². The van der Waals surface area contributed by atoms with E-state index in [1.54, 1.807) is 13.8 Å². The Kier molecular flexibility index (Phi) is 4.65. The number of quaternary nitrogens is 1. The van der Waals surface area contributed by atoms with E-state index in [4.69, 9.17) is 4.74 Å². The summed E-state index contributed by atoms with van der Waals surface area (Å²) in [6.07, 6.45) is 0. The lowest BCUT2D eigenvalue weighted by Gasteiger charge is -2.28. The van der Waals surface area contributed by atoms with Crippen LogP contribution in [-0.2, 0) is 9.53 Å². The first-order valence-electron chi connectivity index (χ1n) is 7.29. The number of esters is 1. The molecule has 1 aliphatic rings. The molecule has 2 atom stereocenters. The molecule has 0 aliphatic carbocycles. The minimum atomic E-state index is -0.456. The van der Waals surface area contributed by atoms with Gasteiger partial charge in [0.05, 0.1) is 31.5 Å². The second-order valence-corrected chi connectivity index (χ2v) is 5.64. The molecule has 120 valence electrons. The number of carbonyl (C=O) groups is 3. The van der Waals surface area contributed by atoms with Crippen LogP contribution in [-0.4, -0.2) is 55.4 Å². The van der Waals surface area contributed by atoms with Crippen LogP contribution >= 0.6 is 0 Å². The average Bonchev–Trinajstić information content (AvgIpc) is 2.80. The second kappa shape index (κ2) is 6.31. The molecule has 0 saturated carbocycles. The lowest BCUT2D eigenvalue weighted by atomic mass is 10.0. The van der Waals surface area contributed by atoms with Crippen LogP contribution in [0.5, 0.6) is 0 Å². The van der Waals surface area contributed by atoms with Gasteiger partial charge in [-0.25, -0.2) is 4.79 Å². The molecule has 22 heavy (non-hydrogen) atoms. The van der Waals surface area contributed by atoms with Gasteiger partial charge in [0.1, 0.15) is 0 Å². The molecule has 7 nitrogen and oxygen atoms in total. The zero-order valence-corrected chi connectivity index (χ0v) is 13.3. The van der Waals surface area contributed by atoms with Crippen LogP contribution in [0.2, 0.25) is 0 Å². The number of ketones is 1. The standard InChI is InChI=1S/C15H21N3O4/c1-8-12(15(21)22-4)9(2)17-13(8)14(20)10(3)18-6-5-16-11(19)7-18/h10,17H,5-7H2,1-4H3,(H,16,19)/p+1/t10-/m0/s1. The maximum Gasteiger partial charge on any atom is 0.339 e. The number of amides is 1. The molecule has 1 fully saturated rings. The van der Waals surface area contributed by atoms with Crippen LogP contribution in [0, 0.1) is 13.8 Å². The summed E-state index contributed by atoms with van der Waals surface area (Å²) in [5.41, 5.74) is 2.04. The fraction of sp³-hybridized carbons (Fsp3) is 0.533. The Morgan fingerprint density at radius 1 is 1.32 bits per heavy atom. The summed E-state index contributed by atoms with van der Waals surface area (Å²) < 4.78 is 4.75. The lowest BCUT2D eigenvalue weighted by Crippen LogP contribution is -3.19. The monoisotopic (exact) mass is 308 g/mol. The van der Waals surface area contributed by atoms with Crippen molar-refractivity contribution in [2.75, 3.05) is 26.7 Å². The highest BCUT2D eigenvalue weighted by atomic mass is 16.5. The van der Waals surface area contributed by atoms with Crippen molar-refractivity contribution in [3.05, 3.63) is 22.5 Å². The van der Waals surface area contributed by atoms with Gasteiger partial charge in [-0.15, -0.1) is 0 Å². The molecule has 3 N–H and O–H groups in total. The van der Waals surface area contributed by atoms with Crippen molar-refractivity contribution in [3.63, 3.8) is 0 Å². The van der Waals surface area contributed by atoms with Crippen LogP contribution < -0.4 is 10.2 Å². The summed E-state index contributed by atoms with van der Waals surface area (Å²) in [6, 6.07) is -0.353. The molecule has 1 saturated heterocycles. The Hall–Kier alpha value is -2.15. The van der Waals surface area contributed by atoms with Gasteiger partial charge in [-0.1, -0.05) is 0 Å². The quantitative estimate of drug-likeness (QED) is 0.491. The van der Waals surface area contributed by atoms with Gasteiger partial charge in [0, 0.05) is 5.69 Å². The molecular formula is C15H22N3O4+. The first kappa shape index (κ1) is 16.2. The number of piperazine rings is 1. The SMILES string of the molecule is COC(=O)c1c(C)[nH]c(C(=O)[C@H](C)[NH+]2CCNC(=O)C2)c1C. The Labute approximate surface area is 129 Å². The molecule has 2 rings (SSSR count). The zero-order chi connectivity index (χ0) is 16.4. The van der Waals surface area contributed by atoms with Crippen molar-refractivity contribution in [2.45, 2.75) is 26.8 Å². The summed E-state index contributed by atoms with van der Waals surface area (Å²) in [6.45, 7) is 6.85. The Balaban J connectivity index is 2.26. The maximum absolute atomic E-state index is 12.7.